The van der Waals surface area contributed by atoms with Crippen molar-refractivity contribution in [1.29, 1.82) is 0 Å². The fourth-order valence-corrected chi connectivity index (χ4v) is 2.97. The number of hydrogen-bond acceptors (Lipinski definition) is 5. The van der Waals surface area contributed by atoms with E-state index in [4.69, 9.17) is 15.2 Å². The van der Waals surface area contributed by atoms with E-state index in [0.29, 0.717) is 22.9 Å². The first-order valence-corrected chi connectivity index (χ1v) is 7.90. The van der Waals surface area contributed by atoms with Gasteiger partial charge in [0.25, 0.3) is 0 Å². The van der Waals surface area contributed by atoms with Gasteiger partial charge in [-0.3, -0.25) is 4.79 Å². The maximum Gasteiger partial charge on any atom is 0.243 e. The Labute approximate surface area is 145 Å². The molecule has 4 rings (SSSR count). The Hall–Kier alpha value is -3.28. The van der Waals surface area contributed by atoms with Crippen LogP contribution in [0.5, 0.6) is 11.5 Å². The lowest BCUT2D eigenvalue weighted by atomic mass is 9.96. The molecule has 0 fully saturated rings. The van der Waals surface area contributed by atoms with Gasteiger partial charge < -0.3 is 15.2 Å². The average molecular weight is 335 g/mol. The van der Waals surface area contributed by atoms with Crippen LogP contribution in [0.3, 0.4) is 0 Å². The van der Waals surface area contributed by atoms with Crippen LogP contribution in [0.4, 0.5) is 5.69 Å². The highest BCUT2D eigenvalue weighted by molar-refractivity contribution is 6.16. The molecule has 2 aliphatic rings. The van der Waals surface area contributed by atoms with Crippen LogP contribution in [-0.4, -0.2) is 23.4 Å². The van der Waals surface area contributed by atoms with E-state index in [0.717, 1.165) is 22.4 Å². The summed E-state index contributed by atoms with van der Waals surface area (Å²) in [5, 5.41) is 6.02. The fraction of sp³-hybridized carbons (Fsp3) is 0.158. The van der Waals surface area contributed by atoms with Crippen molar-refractivity contribution in [1.82, 2.24) is 5.01 Å². The molecule has 2 aliphatic heterocycles. The third-order valence-electron chi connectivity index (χ3n) is 4.18. The minimum Gasteiger partial charge on any atom is -0.454 e. The Bertz CT molecular complexity index is 930. The van der Waals surface area contributed by atoms with Crippen molar-refractivity contribution in [3.8, 4) is 11.5 Å². The summed E-state index contributed by atoms with van der Waals surface area (Å²) in [5.74, 6) is 1.20. The molecule has 2 N–H and O–H groups in total. The Morgan fingerprint density at radius 1 is 1.16 bits per heavy atom. The Balaban J connectivity index is 1.96. The van der Waals surface area contributed by atoms with Crippen LogP contribution in [0.25, 0.3) is 6.08 Å². The van der Waals surface area contributed by atoms with Gasteiger partial charge in [-0.15, -0.1) is 0 Å². The Morgan fingerprint density at radius 2 is 1.84 bits per heavy atom. The highest BCUT2D eigenvalue weighted by atomic mass is 16.7. The number of allylic oxidation sites excluding steroid dienone is 1. The van der Waals surface area contributed by atoms with E-state index in [1.807, 2.05) is 49.4 Å². The molecule has 25 heavy (non-hydrogen) atoms. The number of nitrogens with zero attached hydrogens (tertiary/aromatic N) is 2. The molecule has 1 amide bonds. The molecule has 0 atom stereocenters. The number of ether oxygens (including phenoxy) is 2. The van der Waals surface area contributed by atoms with Crippen LogP contribution in [0.15, 0.2) is 47.2 Å². The molecular weight excluding hydrogens is 318 g/mol. The SMILES string of the molecule is CC(=O)N1N=C(c2ccc(N)cc2)c2cc3c(cc2C=C1C)OCO3. The minimum absolute atomic E-state index is 0.158. The molecule has 6 heteroatoms. The molecular formula is C19H17N3O3. The van der Waals surface area contributed by atoms with Crippen LogP contribution >= 0.6 is 0 Å². The van der Waals surface area contributed by atoms with E-state index in [9.17, 15) is 4.79 Å². The minimum atomic E-state index is -0.158. The first-order chi connectivity index (χ1) is 12.0. The standard InChI is InChI=1S/C19H17N3O3/c1-11-7-14-8-17-18(25-10-24-17)9-16(14)19(21-22(11)12(2)23)13-3-5-15(20)6-4-13/h3-9H,10,20H2,1-2H3. The van der Waals surface area contributed by atoms with Crippen molar-refractivity contribution in [3.05, 3.63) is 58.8 Å². The van der Waals surface area contributed by atoms with Gasteiger partial charge in [-0.05, 0) is 42.8 Å². The third kappa shape index (κ3) is 2.61. The molecule has 126 valence electrons. The van der Waals surface area contributed by atoms with Crippen molar-refractivity contribution < 1.29 is 14.3 Å². The molecule has 0 saturated carbocycles. The van der Waals surface area contributed by atoms with Crippen LogP contribution in [-0.2, 0) is 4.79 Å². The molecule has 0 saturated heterocycles. The lowest BCUT2D eigenvalue weighted by Gasteiger charge is -2.16. The summed E-state index contributed by atoms with van der Waals surface area (Å²) in [5.41, 5.74) is 10.5. The fourth-order valence-electron chi connectivity index (χ4n) is 2.97. The van der Waals surface area contributed by atoms with E-state index >= 15 is 0 Å². The third-order valence-corrected chi connectivity index (χ3v) is 4.18. The van der Waals surface area contributed by atoms with Gasteiger partial charge in [0.05, 0.1) is 5.71 Å². The summed E-state index contributed by atoms with van der Waals surface area (Å²) in [4.78, 5) is 12.1. The molecule has 0 unspecified atom stereocenters. The lowest BCUT2D eigenvalue weighted by Crippen LogP contribution is -2.22. The van der Waals surface area contributed by atoms with Crippen molar-refractivity contribution in [2.45, 2.75) is 13.8 Å². The highest BCUT2D eigenvalue weighted by Gasteiger charge is 2.24. The number of anilines is 1. The topological polar surface area (TPSA) is 77.2 Å². The second-order valence-electron chi connectivity index (χ2n) is 5.98. The average Bonchev–Trinajstić information content (AvgIpc) is 2.97. The van der Waals surface area contributed by atoms with E-state index < -0.39 is 0 Å². The molecule has 0 spiro atoms. The Morgan fingerprint density at radius 3 is 2.52 bits per heavy atom. The molecule has 0 radical (unpaired) electrons. The quantitative estimate of drug-likeness (QED) is 0.813. The number of nitrogens with two attached hydrogens (primary N) is 1. The maximum absolute atomic E-state index is 12.1. The predicted octanol–water partition coefficient (Wildman–Crippen LogP) is 2.97. The number of hydrazone groups is 1. The maximum atomic E-state index is 12.1. The van der Waals surface area contributed by atoms with Crippen molar-refractivity contribution in [2.75, 3.05) is 12.5 Å². The van der Waals surface area contributed by atoms with Gasteiger partial charge in [0, 0.05) is 29.4 Å². The monoisotopic (exact) mass is 335 g/mol. The zero-order valence-electron chi connectivity index (χ0n) is 13.9. The van der Waals surface area contributed by atoms with E-state index in [2.05, 4.69) is 5.10 Å². The molecule has 6 nitrogen and oxygen atoms in total. The number of nitrogen functional groups attached to an aromatic ring is 1. The predicted molar refractivity (Wildman–Crippen MR) is 95.2 cm³/mol. The van der Waals surface area contributed by atoms with Gasteiger partial charge in [0.1, 0.15) is 0 Å². The van der Waals surface area contributed by atoms with Gasteiger partial charge >= 0.3 is 0 Å². The molecule has 0 bridgehead atoms. The largest absolute Gasteiger partial charge is 0.454 e. The number of amides is 1. The summed E-state index contributed by atoms with van der Waals surface area (Å²) in [7, 11) is 0. The number of rotatable bonds is 1. The summed E-state index contributed by atoms with van der Waals surface area (Å²) in [6.07, 6.45) is 1.92. The zero-order valence-corrected chi connectivity index (χ0v) is 13.9. The number of benzene rings is 2. The second-order valence-corrected chi connectivity index (χ2v) is 5.98. The van der Waals surface area contributed by atoms with Gasteiger partial charge in [0.15, 0.2) is 11.5 Å². The van der Waals surface area contributed by atoms with Crippen molar-refractivity contribution in [2.24, 2.45) is 5.10 Å². The summed E-state index contributed by atoms with van der Waals surface area (Å²) >= 11 is 0. The summed E-state index contributed by atoms with van der Waals surface area (Å²) in [6, 6.07) is 11.2. The van der Waals surface area contributed by atoms with Crippen LogP contribution in [0.1, 0.15) is 30.5 Å². The van der Waals surface area contributed by atoms with Crippen LogP contribution in [0.2, 0.25) is 0 Å². The summed E-state index contributed by atoms with van der Waals surface area (Å²) < 4.78 is 11.0. The van der Waals surface area contributed by atoms with E-state index in [1.165, 1.54) is 11.9 Å². The molecule has 2 aromatic carbocycles. The van der Waals surface area contributed by atoms with E-state index in [-0.39, 0.29) is 12.7 Å². The number of hydrogen-bond donors (Lipinski definition) is 1. The highest BCUT2D eigenvalue weighted by Crippen LogP contribution is 2.37. The van der Waals surface area contributed by atoms with Crippen LogP contribution < -0.4 is 15.2 Å². The van der Waals surface area contributed by atoms with Gasteiger partial charge in [-0.25, -0.2) is 5.01 Å². The molecule has 0 aromatic heterocycles. The van der Waals surface area contributed by atoms with Crippen molar-refractivity contribution in [3.63, 3.8) is 0 Å². The van der Waals surface area contributed by atoms with Crippen molar-refractivity contribution >= 4 is 23.4 Å². The molecule has 2 heterocycles. The Kier molecular flexibility index (Phi) is 3.46. The zero-order chi connectivity index (χ0) is 17.6. The van der Waals surface area contributed by atoms with Gasteiger partial charge in [0.2, 0.25) is 12.7 Å². The second kappa shape index (κ2) is 5.66. The van der Waals surface area contributed by atoms with E-state index in [1.54, 1.807) is 0 Å². The van der Waals surface area contributed by atoms with Crippen LogP contribution in [0, 0.1) is 0 Å². The molecule has 0 aliphatic carbocycles. The first kappa shape index (κ1) is 15.3. The number of fused-ring (bicyclic) bond motifs is 2. The molecule has 2 aromatic rings. The first-order valence-electron chi connectivity index (χ1n) is 7.90. The lowest BCUT2D eigenvalue weighted by molar-refractivity contribution is -0.126. The normalized spacial score (nSPS) is 15.2. The van der Waals surface area contributed by atoms with Gasteiger partial charge in [-0.1, -0.05) is 12.1 Å². The number of carbonyl (C=O) groups excluding carboxylic acids is 1. The smallest absolute Gasteiger partial charge is 0.243 e. The van der Waals surface area contributed by atoms with Gasteiger partial charge in [-0.2, -0.15) is 5.10 Å². The number of carbonyl (C=O) groups is 1. The summed E-state index contributed by atoms with van der Waals surface area (Å²) in [6.45, 7) is 3.55.